The van der Waals surface area contributed by atoms with Crippen LogP contribution in [0.15, 0.2) is 48.5 Å². The van der Waals surface area contributed by atoms with Crippen LogP contribution in [-0.4, -0.2) is 48.8 Å². The third kappa shape index (κ3) is 7.55. The Morgan fingerprint density at radius 2 is 1.47 bits per heavy atom. The van der Waals surface area contributed by atoms with Crippen molar-refractivity contribution in [2.75, 3.05) is 32.8 Å². The molecule has 0 aliphatic heterocycles. The number of anilines is 1. The third-order valence-electron chi connectivity index (χ3n) is 5.73. The van der Waals surface area contributed by atoms with E-state index in [-0.39, 0.29) is 36.3 Å². The summed E-state index contributed by atoms with van der Waals surface area (Å²) >= 11 is 0. The fourth-order valence-corrected chi connectivity index (χ4v) is 3.69. The zero-order valence-corrected chi connectivity index (χ0v) is 22.0. The van der Waals surface area contributed by atoms with E-state index in [2.05, 4.69) is 9.97 Å². The maximum atomic E-state index is 12.3. The minimum atomic E-state index is -0.658. The first-order chi connectivity index (χ1) is 18.4. The number of methoxy groups -OCH3 is 3. The molecule has 0 spiro atoms. The van der Waals surface area contributed by atoms with Crippen LogP contribution in [-0.2, 0) is 29.0 Å². The second-order valence-electron chi connectivity index (χ2n) is 8.39. The van der Waals surface area contributed by atoms with E-state index in [1.807, 2.05) is 55.5 Å². The van der Waals surface area contributed by atoms with Crippen LogP contribution < -0.4 is 19.1 Å². The summed E-state index contributed by atoms with van der Waals surface area (Å²) in [6.07, 6.45) is 1.24. The Labute approximate surface area is 221 Å². The van der Waals surface area contributed by atoms with Gasteiger partial charge in [-0.3, -0.25) is 14.9 Å². The molecule has 0 atom stereocenters. The second-order valence-corrected chi connectivity index (χ2v) is 8.39. The molecule has 2 aromatic carbocycles. The Balaban J connectivity index is 2.13. The summed E-state index contributed by atoms with van der Waals surface area (Å²) in [4.78, 5) is 34.3. The first kappa shape index (κ1) is 28.2. The molecule has 0 aliphatic carbocycles. The van der Waals surface area contributed by atoms with Crippen LogP contribution in [0.4, 0.5) is 11.5 Å². The number of unbranched alkanes of at least 4 members (excludes halogenated alkanes) is 1. The molecule has 0 saturated carbocycles. The Morgan fingerprint density at radius 3 is 1.92 bits per heavy atom. The fraction of sp³-hybridized carbons (Fsp3) is 0.370. The molecule has 1 aromatic heterocycles. The number of carbonyl (C=O) groups is 1. The highest BCUT2D eigenvalue weighted by Gasteiger charge is 2.31. The fourth-order valence-electron chi connectivity index (χ4n) is 3.69. The van der Waals surface area contributed by atoms with Crippen molar-refractivity contribution < 1.29 is 28.7 Å². The second kappa shape index (κ2) is 13.8. The van der Waals surface area contributed by atoms with Crippen LogP contribution in [0.3, 0.4) is 0 Å². The van der Waals surface area contributed by atoms with Crippen molar-refractivity contribution in [2.24, 2.45) is 0 Å². The summed E-state index contributed by atoms with van der Waals surface area (Å²) in [6.45, 7) is 2.90. The van der Waals surface area contributed by atoms with E-state index < -0.39 is 17.3 Å². The summed E-state index contributed by atoms with van der Waals surface area (Å²) in [5, 5.41) is 12.3. The molecule has 3 rings (SSSR count). The van der Waals surface area contributed by atoms with Gasteiger partial charge in [-0.25, -0.2) is 0 Å². The summed E-state index contributed by atoms with van der Waals surface area (Å²) < 4.78 is 21.0. The molecular formula is C27H32N4O7. The number of esters is 1. The summed E-state index contributed by atoms with van der Waals surface area (Å²) in [7, 11) is 4.38. The van der Waals surface area contributed by atoms with Crippen LogP contribution in [0, 0.1) is 10.1 Å². The molecular weight excluding hydrogens is 492 g/mol. The SMILES string of the molecule is CCCCOc1nc(CC(=O)OC)c([N+](=O)[O-])c(N(Cc2ccc(OC)cc2)Cc2ccc(OC)cc2)n1. The van der Waals surface area contributed by atoms with Crippen molar-refractivity contribution in [3.63, 3.8) is 0 Å². The Hall–Kier alpha value is -4.41. The number of aromatic nitrogens is 2. The molecule has 0 N–H and O–H groups in total. The molecule has 0 radical (unpaired) electrons. The average molecular weight is 525 g/mol. The summed E-state index contributed by atoms with van der Waals surface area (Å²) in [5.41, 5.74) is 1.29. The van der Waals surface area contributed by atoms with Gasteiger partial charge in [-0.05, 0) is 41.8 Å². The predicted octanol–water partition coefficient (Wildman–Crippen LogP) is 4.50. The quantitative estimate of drug-likeness (QED) is 0.129. The van der Waals surface area contributed by atoms with Crippen LogP contribution in [0.5, 0.6) is 17.5 Å². The summed E-state index contributed by atoms with van der Waals surface area (Å²) in [5.74, 6) is 0.766. The molecule has 0 bridgehead atoms. The van der Waals surface area contributed by atoms with Gasteiger partial charge in [0.05, 0.1) is 39.3 Å². The number of hydrogen-bond acceptors (Lipinski definition) is 10. The average Bonchev–Trinajstić information content (AvgIpc) is 2.93. The molecule has 0 aliphatic rings. The summed E-state index contributed by atoms with van der Waals surface area (Å²) in [6, 6.07) is 14.7. The van der Waals surface area contributed by atoms with E-state index in [1.54, 1.807) is 19.1 Å². The zero-order valence-electron chi connectivity index (χ0n) is 22.0. The minimum absolute atomic E-state index is 0.0348. The zero-order chi connectivity index (χ0) is 27.5. The molecule has 0 amide bonds. The number of benzene rings is 2. The van der Waals surface area contributed by atoms with Gasteiger partial charge in [0.1, 0.15) is 17.2 Å². The molecule has 38 heavy (non-hydrogen) atoms. The first-order valence-electron chi connectivity index (χ1n) is 12.1. The Kier molecular flexibility index (Phi) is 10.2. The van der Waals surface area contributed by atoms with Crippen LogP contribution >= 0.6 is 0 Å². The molecule has 0 saturated heterocycles. The topological polar surface area (TPSA) is 126 Å². The van der Waals surface area contributed by atoms with Crippen LogP contribution in [0.1, 0.15) is 36.6 Å². The maximum Gasteiger partial charge on any atom is 0.333 e. The van der Waals surface area contributed by atoms with E-state index in [4.69, 9.17) is 18.9 Å². The lowest BCUT2D eigenvalue weighted by Gasteiger charge is -2.25. The number of hydrogen-bond donors (Lipinski definition) is 0. The molecule has 0 fully saturated rings. The Bertz CT molecular complexity index is 1170. The number of ether oxygens (including phenoxy) is 4. The molecule has 3 aromatic rings. The van der Waals surface area contributed by atoms with E-state index in [0.717, 1.165) is 24.0 Å². The van der Waals surface area contributed by atoms with Gasteiger partial charge in [0.15, 0.2) is 0 Å². The van der Waals surface area contributed by atoms with Crippen LogP contribution in [0.2, 0.25) is 0 Å². The van der Waals surface area contributed by atoms with Gasteiger partial charge in [-0.2, -0.15) is 9.97 Å². The lowest BCUT2D eigenvalue weighted by Crippen LogP contribution is -2.26. The van der Waals surface area contributed by atoms with E-state index in [1.165, 1.54) is 7.11 Å². The van der Waals surface area contributed by atoms with Crippen LogP contribution in [0.25, 0.3) is 0 Å². The van der Waals surface area contributed by atoms with Gasteiger partial charge < -0.3 is 23.8 Å². The van der Waals surface area contributed by atoms with E-state index >= 15 is 0 Å². The molecule has 11 heteroatoms. The molecule has 0 unspecified atom stereocenters. The van der Waals surface area contributed by atoms with E-state index in [0.29, 0.717) is 18.1 Å². The van der Waals surface area contributed by atoms with E-state index in [9.17, 15) is 14.9 Å². The van der Waals surface area contributed by atoms with Crippen molar-refractivity contribution in [2.45, 2.75) is 39.3 Å². The number of carbonyl (C=O) groups excluding carboxylic acids is 1. The highest BCUT2D eigenvalue weighted by molar-refractivity contribution is 5.75. The number of nitro groups is 1. The van der Waals surface area contributed by atoms with Gasteiger partial charge in [-0.1, -0.05) is 37.6 Å². The highest BCUT2D eigenvalue weighted by Crippen LogP contribution is 2.34. The predicted molar refractivity (Wildman–Crippen MR) is 141 cm³/mol. The van der Waals surface area contributed by atoms with Crippen molar-refractivity contribution in [3.8, 4) is 17.5 Å². The van der Waals surface area contributed by atoms with Gasteiger partial charge in [-0.15, -0.1) is 0 Å². The maximum absolute atomic E-state index is 12.3. The smallest absolute Gasteiger partial charge is 0.333 e. The number of rotatable bonds is 14. The van der Waals surface area contributed by atoms with Crippen molar-refractivity contribution in [3.05, 3.63) is 75.5 Å². The molecule has 11 nitrogen and oxygen atoms in total. The number of nitrogens with zero attached hydrogens (tertiary/aromatic N) is 4. The monoisotopic (exact) mass is 524 g/mol. The Morgan fingerprint density at radius 1 is 0.921 bits per heavy atom. The van der Waals surface area contributed by atoms with Crippen molar-refractivity contribution >= 4 is 17.5 Å². The highest BCUT2D eigenvalue weighted by atomic mass is 16.6. The molecule has 1 heterocycles. The molecule has 202 valence electrons. The first-order valence-corrected chi connectivity index (χ1v) is 12.1. The lowest BCUT2D eigenvalue weighted by molar-refractivity contribution is -0.385. The largest absolute Gasteiger partial charge is 0.497 e. The third-order valence-corrected chi connectivity index (χ3v) is 5.73. The van der Waals surface area contributed by atoms with Crippen molar-refractivity contribution in [1.29, 1.82) is 0 Å². The van der Waals surface area contributed by atoms with Gasteiger partial charge >= 0.3 is 17.7 Å². The normalized spacial score (nSPS) is 10.5. The lowest BCUT2D eigenvalue weighted by atomic mass is 10.1. The van der Waals surface area contributed by atoms with Gasteiger partial charge in [0.2, 0.25) is 5.82 Å². The minimum Gasteiger partial charge on any atom is -0.497 e. The standard InChI is InChI=1S/C27H32N4O7/c1-5-6-15-38-27-28-23(16-24(32)37-4)25(31(33)34)26(29-27)30(17-19-7-11-21(35-2)12-8-19)18-20-9-13-22(36-3)14-10-20/h7-14H,5-6,15-18H2,1-4H3. The van der Waals surface area contributed by atoms with Gasteiger partial charge in [0, 0.05) is 13.1 Å². The van der Waals surface area contributed by atoms with Gasteiger partial charge in [0.25, 0.3) is 0 Å². The van der Waals surface area contributed by atoms with Crippen molar-refractivity contribution in [1.82, 2.24) is 9.97 Å².